The molecule has 0 aromatic heterocycles. The van der Waals surface area contributed by atoms with Crippen LogP contribution in [0.4, 0.5) is 0 Å². The highest BCUT2D eigenvalue weighted by Crippen LogP contribution is 2.25. The maximum absolute atomic E-state index is 11.0. The van der Waals surface area contributed by atoms with E-state index in [2.05, 4.69) is 12.2 Å². The first-order chi connectivity index (χ1) is 8.17. The second-order valence-electron chi connectivity index (χ2n) is 5.01. The lowest BCUT2D eigenvalue weighted by atomic mass is 9.85. The van der Waals surface area contributed by atoms with Crippen molar-refractivity contribution in [2.24, 2.45) is 5.92 Å². The number of rotatable bonds is 7. The van der Waals surface area contributed by atoms with Crippen LogP contribution in [-0.4, -0.2) is 36.9 Å². The van der Waals surface area contributed by atoms with E-state index in [1.165, 1.54) is 0 Å². The van der Waals surface area contributed by atoms with Gasteiger partial charge in [0.15, 0.2) is 0 Å². The van der Waals surface area contributed by atoms with Crippen LogP contribution >= 0.6 is 0 Å². The van der Waals surface area contributed by atoms with Gasteiger partial charge in [0.2, 0.25) is 0 Å². The van der Waals surface area contributed by atoms with Gasteiger partial charge in [-0.15, -0.1) is 0 Å². The maximum atomic E-state index is 11.0. The summed E-state index contributed by atoms with van der Waals surface area (Å²) in [6, 6.07) is 0.707. The summed E-state index contributed by atoms with van der Waals surface area (Å²) in [7, 11) is 1.71. The third-order valence-corrected chi connectivity index (χ3v) is 3.50. The Labute approximate surface area is 104 Å². The third kappa shape index (κ3) is 5.04. The molecule has 3 unspecified atom stereocenters. The van der Waals surface area contributed by atoms with Crippen molar-refractivity contribution < 1.29 is 14.6 Å². The van der Waals surface area contributed by atoms with E-state index in [1.54, 1.807) is 7.11 Å². The van der Waals surface area contributed by atoms with Gasteiger partial charge in [0.05, 0.1) is 12.5 Å². The van der Waals surface area contributed by atoms with Crippen molar-refractivity contribution in [3.05, 3.63) is 0 Å². The van der Waals surface area contributed by atoms with Gasteiger partial charge >= 0.3 is 5.97 Å². The predicted octanol–water partition coefficient (Wildman–Crippen LogP) is 2.03. The number of carboxylic acids is 1. The van der Waals surface area contributed by atoms with E-state index in [0.717, 1.165) is 38.5 Å². The number of aliphatic carboxylic acids is 1. The summed E-state index contributed by atoms with van der Waals surface area (Å²) >= 11 is 0. The molecular weight excluding hydrogens is 218 g/mol. The molecule has 1 aliphatic rings. The van der Waals surface area contributed by atoms with E-state index < -0.39 is 5.97 Å². The zero-order chi connectivity index (χ0) is 12.7. The van der Waals surface area contributed by atoms with Gasteiger partial charge in [-0.25, -0.2) is 0 Å². The normalized spacial score (nSPS) is 26.7. The average Bonchev–Trinajstić information content (AvgIpc) is 2.30. The standard InChI is InChI=1S/C13H25NO3/c1-3-5-12(9-17-2)14-11-7-4-6-10(8-11)13(15)16/h10-12,14H,3-9H2,1-2H3,(H,15,16). The predicted molar refractivity (Wildman–Crippen MR) is 67.1 cm³/mol. The molecule has 2 N–H and O–H groups in total. The molecule has 1 aliphatic carbocycles. The Hall–Kier alpha value is -0.610. The molecule has 0 saturated heterocycles. The number of nitrogens with one attached hydrogen (secondary N) is 1. The van der Waals surface area contributed by atoms with Crippen LogP contribution in [-0.2, 0) is 9.53 Å². The largest absolute Gasteiger partial charge is 0.481 e. The van der Waals surface area contributed by atoms with E-state index >= 15 is 0 Å². The molecular formula is C13H25NO3. The molecule has 0 aromatic carbocycles. The smallest absolute Gasteiger partial charge is 0.306 e. The van der Waals surface area contributed by atoms with Crippen molar-refractivity contribution in [1.29, 1.82) is 0 Å². The van der Waals surface area contributed by atoms with Crippen molar-refractivity contribution in [3.63, 3.8) is 0 Å². The molecule has 3 atom stereocenters. The highest BCUT2D eigenvalue weighted by molar-refractivity contribution is 5.70. The van der Waals surface area contributed by atoms with Gasteiger partial charge < -0.3 is 15.2 Å². The quantitative estimate of drug-likeness (QED) is 0.718. The summed E-state index contributed by atoms with van der Waals surface area (Å²) in [5.74, 6) is -0.804. The van der Waals surface area contributed by atoms with Gasteiger partial charge in [0.25, 0.3) is 0 Å². The van der Waals surface area contributed by atoms with Gasteiger partial charge in [0.1, 0.15) is 0 Å². The minimum Gasteiger partial charge on any atom is -0.481 e. The molecule has 0 aliphatic heterocycles. The molecule has 4 nitrogen and oxygen atoms in total. The summed E-state index contributed by atoms with van der Waals surface area (Å²) in [5.41, 5.74) is 0. The fourth-order valence-electron chi connectivity index (χ4n) is 2.66. The molecule has 0 heterocycles. The van der Waals surface area contributed by atoms with E-state index in [9.17, 15) is 4.79 Å². The second kappa shape index (κ2) is 7.67. The van der Waals surface area contributed by atoms with Crippen molar-refractivity contribution >= 4 is 5.97 Å². The molecule has 0 amide bonds. The molecule has 0 aromatic rings. The highest BCUT2D eigenvalue weighted by atomic mass is 16.5. The monoisotopic (exact) mass is 243 g/mol. The number of carboxylic acid groups (broad SMARTS) is 1. The van der Waals surface area contributed by atoms with Crippen LogP contribution in [0, 0.1) is 5.92 Å². The lowest BCUT2D eigenvalue weighted by molar-refractivity contribution is -0.143. The van der Waals surface area contributed by atoms with E-state index in [4.69, 9.17) is 9.84 Å². The number of hydrogen-bond donors (Lipinski definition) is 2. The van der Waals surface area contributed by atoms with Crippen LogP contribution in [0.5, 0.6) is 0 Å². The lowest BCUT2D eigenvalue weighted by Crippen LogP contribution is -2.44. The maximum Gasteiger partial charge on any atom is 0.306 e. The van der Waals surface area contributed by atoms with Crippen LogP contribution in [0.15, 0.2) is 0 Å². The Morgan fingerprint density at radius 1 is 1.53 bits per heavy atom. The minimum absolute atomic E-state index is 0.161. The summed E-state index contributed by atoms with van der Waals surface area (Å²) < 4.78 is 5.19. The van der Waals surface area contributed by atoms with Crippen molar-refractivity contribution in [1.82, 2.24) is 5.32 Å². The fraction of sp³-hybridized carbons (Fsp3) is 0.923. The molecule has 4 heteroatoms. The first kappa shape index (κ1) is 14.5. The first-order valence-corrected chi connectivity index (χ1v) is 6.65. The Morgan fingerprint density at radius 3 is 2.88 bits per heavy atom. The Balaban J connectivity index is 2.40. The van der Waals surface area contributed by atoms with Gasteiger partial charge in [-0.2, -0.15) is 0 Å². The molecule has 0 bridgehead atoms. The topological polar surface area (TPSA) is 58.6 Å². The molecule has 1 fully saturated rings. The van der Waals surface area contributed by atoms with Crippen LogP contribution in [0.1, 0.15) is 45.4 Å². The fourth-order valence-corrected chi connectivity index (χ4v) is 2.66. The molecule has 0 radical (unpaired) electrons. The number of methoxy groups -OCH3 is 1. The third-order valence-electron chi connectivity index (χ3n) is 3.50. The minimum atomic E-state index is -0.643. The Bertz CT molecular complexity index is 227. The summed E-state index contributed by atoms with van der Waals surface area (Å²) in [5, 5.41) is 12.6. The molecule has 0 spiro atoms. The number of carbonyl (C=O) groups is 1. The average molecular weight is 243 g/mol. The van der Waals surface area contributed by atoms with Crippen LogP contribution in [0.2, 0.25) is 0 Å². The molecule has 17 heavy (non-hydrogen) atoms. The van der Waals surface area contributed by atoms with Crippen molar-refractivity contribution in [3.8, 4) is 0 Å². The summed E-state index contributed by atoms with van der Waals surface area (Å²) in [4.78, 5) is 11.0. The highest BCUT2D eigenvalue weighted by Gasteiger charge is 2.27. The van der Waals surface area contributed by atoms with Gasteiger partial charge in [-0.3, -0.25) is 4.79 Å². The number of ether oxygens (including phenoxy) is 1. The SMILES string of the molecule is CCCC(COC)NC1CCCC(C(=O)O)C1. The van der Waals surface area contributed by atoms with Crippen molar-refractivity contribution in [2.75, 3.05) is 13.7 Å². The van der Waals surface area contributed by atoms with E-state index in [1.807, 2.05) is 0 Å². The van der Waals surface area contributed by atoms with E-state index in [0.29, 0.717) is 18.7 Å². The van der Waals surface area contributed by atoms with Crippen LogP contribution in [0.3, 0.4) is 0 Å². The first-order valence-electron chi connectivity index (χ1n) is 6.65. The lowest BCUT2D eigenvalue weighted by Gasteiger charge is -2.31. The molecule has 1 saturated carbocycles. The summed E-state index contributed by atoms with van der Waals surface area (Å²) in [6.45, 7) is 2.87. The Kier molecular flexibility index (Phi) is 6.52. The Morgan fingerprint density at radius 2 is 2.29 bits per heavy atom. The van der Waals surface area contributed by atoms with Gasteiger partial charge in [0, 0.05) is 19.2 Å². The second-order valence-corrected chi connectivity index (χ2v) is 5.01. The zero-order valence-electron chi connectivity index (χ0n) is 10.9. The zero-order valence-corrected chi connectivity index (χ0v) is 10.9. The van der Waals surface area contributed by atoms with Crippen LogP contribution in [0.25, 0.3) is 0 Å². The molecule has 1 rings (SSSR count). The molecule has 100 valence electrons. The number of hydrogen-bond acceptors (Lipinski definition) is 3. The summed E-state index contributed by atoms with van der Waals surface area (Å²) in [6.07, 6.45) is 5.90. The van der Waals surface area contributed by atoms with E-state index in [-0.39, 0.29) is 5.92 Å². The van der Waals surface area contributed by atoms with Crippen molar-refractivity contribution in [2.45, 2.75) is 57.5 Å². The van der Waals surface area contributed by atoms with Gasteiger partial charge in [-0.05, 0) is 25.7 Å². The van der Waals surface area contributed by atoms with Gasteiger partial charge in [-0.1, -0.05) is 19.8 Å². The van der Waals surface area contributed by atoms with Crippen LogP contribution < -0.4 is 5.32 Å².